The molecule has 0 bridgehead atoms. The topological polar surface area (TPSA) is 30.7 Å². The van der Waals surface area contributed by atoms with E-state index in [-0.39, 0.29) is 0 Å². The number of aromatic nitrogens is 3. The van der Waals surface area contributed by atoms with Crippen LogP contribution in [0.4, 0.5) is 0 Å². The average molecular weight is 600 g/mol. The molecule has 0 N–H and O–H groups in total. The molecular formula is C44H29N3. The molecule has 0 fully saturated rings. The molecule has 7 aromatic carbocycles. The lowest BCUT2D eigenvalue weighted by atomic mass is 9.91. The van der Waals surface area contributed by atoms with Crippen molar-refractivity contribution < 1.29 is 0 Å². The zero-order chi connectivity index (χ0) is 31.2. The SMILES string of the molecule is c1ccc(-c2cc(-c3ccccc3)c3cc(-c4ccc(-c5nc6ccccc6n5-c5ccccc5)cc4)c4ccccc4c3n2)cc1. The molecule has 0 aliphatic rings. The summed E-state index contributed by atoms with van der Waals surface area (Å²) < 4.78 is 2.25. The minimum Gasteiger partial charge on any atom is -0.292 e. The smallest absolute Gasteiger partial charge is 0.145 e. The minimum atomic E-state index is 0.927. The molecule has 220 valence electrons. The van der Waals surface area contributed by atoms with Gasteiger partial charge in [0, 0.05) is 27.6 Å². The standard InChI is InChI=1S/C44H29N3/c1-4-14-30(15-5-1)38-29-41(32-16-6-2-7-17-32)45-43-36-21-11-10-20-35(36)37(28-39(38)43)31-24-26-33(27-25-31)44-46-40-22-12-13-23-42(40)47(44)34-18-8-3-9-19-34/h1-29H. The van der Waals surface area contributed by atoms with Crippen molar-refractivity contribution in [3.8, 4) is 50.6 Å². The van der Waals surface area contributed by atoms with Crippen molar-refractivity contribution in [2.45, 2.75) is 0 Å². The lowest BCUT2D eigenvalue weighted by Gasteiger charge is -2.16. The van der Waals surface area contributed by atoms with Crippen molar-refractivity contribution in [2.75, 3.05) is 0 Å². The molecule has 9 aromatic rings. The Labute approximate surface area is 273 Å². The highest BCUT2D eigenvalue weighted by atomic mass is 15.1. The summed E-state index contributed by atoms with van der Waals surface area (Å²) in [5.74, 6) is 0.927. The lowest BCUT2D eigenvalue weighted by Crippen LogP contribution is -1.97. The number of nitrogens with zero attached hydrogens (tertiary/aromatic N) is 3. The van der Waals surface area contributed by atoms with Crippen molar-refractivity contribution in [3.05, 3.63) is 176 Å². The van der Waals surface area contributed by atoms with Crippen molar-refractivity contribution in [1.29, 1.82) is 0 Å². The first kappa shape index (κ1) is 27.0. The van der Waals surface area contributed by atoms with Gasteiger partial charge in [-0.15, -0.1) is 0 Å². The van der Waals surface area contributed by atoms with Gasteiger partial charge in [0.15, 0.2) is 0 Å². The van der Waals surface area contributed by atoms with Crippen molar-refractivity contribution in [1.82, 2.24) is 14.5 Å². The molecule has 0 spiro atoms. The van der Waals surface area contributed by atoms with Crippen LogP contribution in [0.25, 0.3) is 83.3 Å². The molecule has 0 aliphatic carbocycles. The Morgan fingerprint density at radius 1 is 0.383 bits per heavy atom. The van der Waals surface area contributed by atoms with Gasteiger partial charge in [0.1, 0.15) is 5.82 Å². The maximum absolute atomic E-state index is 5.30. The van der Waals surface area contributed by atoms with Gasteiger partial charge >= 0.3 is 0 Å². The second-order valence-corrected chi connectivity index (χ2v) is 11.8. The molecule has 0 saturated heterocycles. The maximum atomic E-state index is 5.30. The van der Waals surface area contributed by atoms with Crippen LogP contribution in [0, 0.1) is 0 Å². The normalized spacial score (nSPS) is 11.4. The highest BCUT2D eigenvalue weighted by molar-refractivity contribution is 6.16. The Balaban J connectivity index is 1.25. The molecule has 3 heteroatoms. The van der Waals surface area contributed by atoms with Gasteiger partial charge in [-0.1, -0.05) is 140 Å². The van der Waals surface area contributed by atoms with Crippen LogP contribution in [-0.4, -0.2) is 14.5 Å². The van der Waals surface area contributed by atoms with E-state index in [0.29, 0.717) is 0 Å². The van der Waals surface area contributed by atoms with Gasteiger partial charge in [-0.25, -0.2) is 9.97 Å². The molecule has 0 unspecified atom stereocenters. The third-order valence-electron chi connectivity index (χ3n) is 9.00. The van der Waals surface area contributed by atoms with Crippen LogP contribution in [0.15, 0.2) is 176 Å². The van der Waals surface area contributed by atoms with Gasteiger partial charge in [-0.2, -0.15) is 0 Å². The van der Waals surface area contributed by atoms with E-state index in [1.54, 1.807) is 0 Å². The van der Waals surface area contributed by atoms with Gasteiger partial charge in [0.05, 0.1) is 22.2 Å². The van der Waals surface area contributed by atoms with Crippen LogP contribution in [0.1, 0.15) is 0 Å². The molecular weight excluding hydrogens is 571 g/mol. The zero-order valence-electron chi connectivity index (χ0n) is 25.6. The molecule has 47 heavy (non-hydrogen) atoms. The Bertz CT molecular complexity index is 2530. The van der Waals surface area contributed by atoms with Crippen molar-refractivity contribution in [3.63, 3.8) is 0 Å². The fraction of sp³-hybridized carbons (Fsp3) is 0. The van der Waals surface area contributed by atoms with Crippen LogP contribution in [0.2, 0.25) is 0 Å². The lowest BCUT2D eigenvalue weighted by molar-refractivity contribution is 1.10. The summed E-state index contributed by atoms with van der Waals surface area (Å²) >= 11 is 0. The van der Waals surface area contributed by atoms with Crippen LogP contribution >= 0.6 is 0 Å². The second kappa shape index (κ2) is 11.2. The minimum absolute atomic E-state index is 0.927. The fourth-order valence-electron chi connectivity index (χ4n) is 6.76. The van der Waals surface area contributed by atoms with Crippen molar-refractivity contribution >= 4 is 32.7 Å². The van der Waals surface area contributed by atoms with E-state index in [4.69, 9.17) is 9.97 Å². The molecule has 0 aliphatic heterocycles. The summed E-state index contributed by atoms with van der Waals surface area (Å²) in [5, 5.41) is 3.46. The number of benzene rings is 7. The monoisotopic (exact) mass is 599 g/mol. The van der Waals surface area contributed by atoms with E-state index in [1.807, 2.05) is 18.2 Å². The van der Waals surface area contributed by atoms with Gasteiger partial charge in [0.2, 0.25) is 0 Å². The Morgan fingerprint density at radius 3 is 1.68 bits per heavy atom. The molecule has 2 aromatic heterocycles. The third-order valence-corrected chi connectivity index (χ3v) is 9.00. The summed E-state index contributed by atoms with van der Waals surface area (Å²) in [4.78, 5) is 10.4. The summed E-state index contributed by atoms with van der Waals surface area (Å²) in [6, 6.07) is 62.0. The fourth-order valence-corrected chi connectivity index (χ4v) is 6.76. The first-order valence-electron chi connectivity index (χ1n) is 15.9. The van der Waals surface area contributed by atoms with Gasteiger partial charge in [0.25, 0.3) is 0 Å². The number of imidazole rings is 1. The van der Waals surface area contributed by atoms with E-state index in [1.165, 1.54) is 22.1 Å². The predicted molar refractivity (Wildman–Crippen MR) is 196 cm³/mol. The Hall–Kier alpha value is -6.32. The quantitative estimate of drug-likeness (QED) is 0.184. The van der Waals surface area contributed by atoms with Gasteiger partial charge < -0.3 is 0 Å². The van der Waals surface area contributed by atoms with E-state index in [9.17, 15) is 0 Å². The van der Waals surface area contributed by atoms with Crippen LogP contribution < -0.4 is 0 Å². The molecule has 3 nitrogen and oxygen atoms in total. The Morgan fingerprint density at radius 2 is 0.936 bits per heavy atom. The van der Waals surface area contributed by atoms with Crippen LogP contribution in [0.5, 0.6) is 0 Å². The summed E-state index contributed by atoms with van der Waals surface area (Å²) in [5.41, 5.74) is 12.0. The summed E-state index contributed by atoms with van der Waals surface area (Å²) in [7, 11) is 0. The molecule has 9 rings (SSSR count). The van der Waals surface area contributed by atoms with Gasteiger partial charge in [-0.05, 0) is 64.0 Å². The number of hydrogen-bond donors (Lipinski definition) is 0. The van der Waals surface area contributed by atoms with E-state index >= 15 is 0 Å². The highest BCUT2D eigenvalue weighted by Crippen LogP contribution is 2.40. The van der Waals surface area contributed by atoms with E-state index in [2.05, 4.69) is 162 Å². The van der Waals surface area contributed by atoms with Crippen LogP contribution in [-0.2, 0) is 0 Å². The molecule has 0 amide bonds. The number of fused-ring (bicyclic) bond motifs is 4. The van der Waals surface area contributed by atoms with Gasteiger partial charge in [-0.3, -0.25) is 4.57 Å². The molecule has 0 atom stereocenters. The summed E-state index contributed by atoms with van der Waals surface area (Å²) in [6.07, 6.45) is 0. The average Bonchev–Trinajstić information content (AvgIpc) is 3.55. The molecule has 0 radical (unpaired) electrons. The second-order valence-electron chi connectivity index (χ2n) is 11.8. The first-order chi connectivity index (χ1) is 23.3. The van der Waals surface area contributed by atoms with Crippen molar-refractivity contribution in [2.24, 2.45) is 0 Å². The largest absolute Gasteiger partial charge is 0.292 e. The van der Waals surface area contributed by atoms with E-state index < -0.39 is 0 Å². The predicted octanol–water partition coefficient (Wildman–Crippen LogP) is 11.4. The molecule has 2 heterocycles. The number of rotatable bonds is 5. The zero-order valence-corrected chi connectivity index (χ0v) is 25.6. The number of hydrogen-bond acceptors (Lipinski definition) is 2. The third kappa shape index (κ3) is 4.68. The Kier molecular flexibility index (Phi) is 6.46. The number of para-hydroxylation sites is 3. The first-order valence-corrected chi connectivity index (χ1v) is 15.9. The number of pyridine rings is 1. The van der Waals surface area contributed by atoms with Crippen LogP contribution in [0.3, 0.4) is 0 Å². The maximum Gasteiger partial charge on any atom is 0.145 e. The van der Waals surface area contributed by atoms with E-state index in [0.717, 1.165) is 61.2 Å². The summed E-state index contributed by atoms with van der Waals surface area (Å²) in [6.45, 7) is 0. The highest BCUT2D eigenvalue weighted by Gasteiger charge is 2.17. The molecule has 0 saturated carbocycles.